The molecular weight excluding hydrogens is 386 g/mol. The number of carbonyl (C=O) groups excluding carboxylic acids is 1. The number of nitrogens with zero attached hydrogens (tertiary/aromatic N) is 2. The molecule has 0 spiro atoms. The number of pyridine rings is 1. The molecule has 1 unspecified atom stereocenters. The largest absolute Gasteiger partial charge is 0.323 e. The smallest absolute Gasteiger partial charge is 0.243 e. The molecule has 1 aromatic heterocycles. The van der Waals surface area contributed by atoms with E-state index in [4.69, 9.17) is 0 Å². The summed E-state index contributed by atoms with van der Waals surface area (Å²) in [5.41, 5.74) is 2.39. The van der Waals surface area contributed by atoms with Crippen LogP contribution in [0.25, 0.3) is 10.9 Å². The standard InChI is InChI=1S/C22H23N3O3S/c1-16-9-11-19(12-10-16)29(27,28)25-13-5-4-8-21(25)22(26)24-18-14-17-6-2-3-7-20(17)23-15-18/h2-3,6-7,9-12,14-15,21H,4-5,8,13H2,1H3,(H,24,26). The van der Waals surface area contributed by atoms with Gasteiger partial charge in [0, 0.05) is 11.9 Å². The van der Waals surface area contributed by atoms with Gasteiger partial charge in [0.05, 0.1) is 22.3 Å². The molecule has 0 aliphatic carbocycles. The number of para-hydroxylation sites is 1. The van der Waals surface area contributed by atoms with E-state index < -0.39 is 16.1 Å². The molecule has 1 aliphatic heterocycles. The second-order valence-electron chi connectivity index (χ2n) is 7.35. The summed E-state index contributed by atoms with van der Waals surface area (Å²) < 4.78 is 27.7. The zero-order valence-electron chi connectivity index (χ0n) is 16.2. The highest BCUT2D eigenvalue weighted by atomic mass is 32.2. The average molecular weight is 410 g/mol. The predicted molar refractivity (Wildman–Crippen MR) is 113 cm³/mol. The van der Waals surface area contributed by atoms with Gasteiger partial charge in [0.2, 0.25) is 15.9 Å². The highest BCUT2D eigenvalue weighted by Crippen LogP contribution is 2.27. The van der Waals surface area contributed by atoms with E-state index in [1.165, 1.54) is 4.31 Å². The molecule has 3 aromatic rings. The normalized spacial score (nSPS) is 17.9. The zero-order chi connectivity index (χ0) is 20.4. The Morgan fingerprint density at radius 3 is 2.66 bits per heavy atom. The summed E-state index contributed by atoms with van der Waals surface area (Å²) in [6.45, 7) is 2.25. The molecule has 1 atom stereocenters. The molecule has 4 rings (SSSR count). The van der Waals surface area contributed by atoms with Gasteiger partial charge in [-0.3, -0.25) is 9.78 Å². The molecular formula is C22H23N3O3S. The number of carbonyl (C=O) groups is 1. The van der Waals surface area contributed by atoms with Crippen molar-refractivity contribution in [3.8, 4) is 0 Å². The molecule has 6 nitrogen and oxygen atoms in total. The number of nitrogens with one attached hydrogen (secondary N) is 1. The Labute approximate surface area is 170 Å². The van der Waals surface area contributed by atoms with Crippen molar-refractivity contribution >= 4 is 32.5 Å². The van der Waals surface area contributed by atoms with Crippen molar-refractivity contribution in [1.29, 1.82) is 0 Å². The molecule has 0 saturated carbocycles. The van der Waals surface area contributed by atoms with E-state index in [2.05, 4.69) is 10.3 Å². The summed E-state index contributed by atoms with van der Waals surface area (Å²) >= 11 is 0. The molecule has 0 bridgehead atoms. The molecule has 29 heavy (non-hydrogen) atoms. The molecule has 0 radical (unpaired) electrons. The van der Waals surface area contributed by atoms with Gasteiger partial charge in [0.25, 0.3) is 0 Å². The molecule has 1 aliphatic rings. The Hall–Kier alpha value is -2.77. The van der Waals surface area contributed by atoms with E-state index in [9.17, 15) is 13.2 Å². The number of hydrogen-bond donors (Lipinski definition) is 1. The van der Waals surface area contributed by atoms with E-state index in [1.807, 2.05) is 37.3 Å². The van der Waals surface area contributed by atoms with Crippen LogP contribution < -0.4 is 5.32 Å². The quantitative estimate of drug-likeness (QED) is 0.712. The van der Waals surface area contributed by atoms with Crippen LogP contribution in [0.4, 0.5) is 5.69 Å². The first-order valence-electron chi connectivity index (χ1n) is 9.69. The maximum atomic E-state index is 13.2. The van der Waals surface area contributed by atoms with Gasteiger partial charge in [-0.25, -0.2) is 8.42 Å². The number of aromatic nitrogens is 1. The SMILES string of the molecule is Cc1ccc(S(=O)(=O)N2CCCCC2C(=O)Nc2cnc3ccccc3c2)cc1. The van der Waals surface area contributed by atoms with E-state index in [0.717, 1.165) is 29.3 Å². The van der Waals surface area contributed by atoms with Crippen LogP contribution in [-0.4, -0.2) is 36.2 Å². The number of piperidine rings is 1. The fourth-order valence-corrected chi connectivity index (χ4v) is 5.32. The van der Waals surface area contributed by atoms with Crippen molar-refractivity contribution in [1.82, 2.24) is 9.29 Å². The third-order valence-corrected chi connectivity index (χ3v) is 7.16. The number of anilines is 1. The van der Waals surface area contributed by atoms with Crippen LogP contribution in [0.1, 0.15) is 24.8 Å². The van der Waals surface area contributed by atoms with Crippen LogP contribution in [0, 0.1) is 6.92 Å². The number of amides is 1. The van der Waals surface area contributed by atoms with Gasteiger partial charge in [0.15, 0.2) is 0 Å². The fraction of sp³-hybridized carbons (Fsp3) is 0.273. The van der Waals surface area contributed by atoms with E-state index in [1.54, 1.807) is 30.5 Å². The second kappa shape index (κ2) is 7.93. The molecule has 1 fully saturated rings. The number of fused-ring (bicyclic) bond motifs is 1. The predicted octanol–water partition coefficient (Wildman–Crippen LogP) is 3.73. The third kappa shape index (κ3) is 4.02. The van der Waals surface area contributed by atoms with Crippen LogP contribution in [0.5, 0.6) is 0 Å². The van der Waals surface area contributed by atoms with Gasteiger partial charge in [-0.05, 0) is 44.0 Å². The van der Waals surface area contributed by atoms with Crippen molar-refractivity contribution in [2.75, 3.05) is 11.9 Å². The van der Waals surface area contributed by atoms with Crippen molar-refractivity contribution in [2.24, 2.45) is 0 Å². The Bertz CT molecular complexity index is 1140. The molecule has 1 N–H and O–H groups in total. The van der Waals surface area contributed by atoms with Crippen LogP contribution in [0.15, 0.2) is 65.7 Å². The molecule has 2 heterocycles. The fourth-order valence-electron chi connectivity index (χ4n) is 3.67. The van der Waals surface area contributed by atoms with Crippen molar-refractivity contribution in [2.45, 2.75) is 37.1 Å². The summed E-state index contributed by atoms with van der Waals surface area (Å²) in [6.07, 6.45) is 3.65. The Balaban J connectivity index is 1.59. The second-order valence-corrected chi connectivity index (χ2v) is 9.24. The lowest BCUT2D eigenvalue weighted by molar-refractivity contribution is -0.120. The van der Waals surface area contributed by atoms with Gasteiger partial charge >= 0.3 is 0 Å². The van der Waals surface area contributed by atoms with Crippen molar-refractivity contribution in [3.05, 3.63) is 66.4 Å². The van der Waals surface area contributed by atoms with Gasteiger partial charge in [0.1, 0.15) is 6.04 Å². The number of aryl methyl sites for hydroxylation is 1. The minimum atomic E-state index is -3.74. The first-order chi connectivity index (χ1) is 13.9. The minimum absolute atomic E-state index is 0.218. The number of sulfonamides is 1. The monoisotopic (exact) mass is 409 g/mol. The summed E-state index contributed by atoms with van der Waals surface area (Å²) in [7, 11) is -3.74. The number of hydrogen-bond acceptors (Lipinski definition) is 4. The van der Waals surface area contributed by atoms with Gasteiger partial charge in [-0.2, -0.15) is 4.31 Å². The number of benzene rings is 2. The molecule has 2 aromatic carbocycles. The summed E-state index contributed by atoms with van der Waals surface area (Å²) in [5, 5.41) is 3.77. The lowest BCUT2D eigenvalue weighted by atomic mass is 10.0. The van der Waals surface area contributed by atoms with Gasteiger partial charge < -0.3 is 5.32 Å². The van der Waals surface area contributed by atoms with Gasteiger partial charge in [-0.15, -0.1) is 0 Å². The molecule has 1 saturated heterocycles. The van der Waals surface area contributed by atoms with Crippen LogP contribution in [-0.2, 0) is 14.8 Å². The minimum Gasteiger partial charge on any atom is -0.323 e. The zero-order valence-corrected chi connectivity index (χ0v) is 17.0. The average Bonchev–Trinajstić information content (AvgIpc) is 2.74. The van der Waals surface area contributed by atoms with Crippen LogP contribution in [0.2, 0.25) is 0 Å². The van der Waals surface area contributed by atoms with E-state index in [-0.39, 0.29) is 10.8 Å². The molecule has 150 valence electrons. The summed E-state index contributed by atoms with van der Waals surface area (Å²) in [6, 6.07) is 15.5. The number of rotatable bonds is 4. The highest BCUT2D eigenvalue weighted by molar-refractivity contribution is 7.89. The van der Waals surface area contributed by atoms with Crippen molar-refractivity contribution < 1.29 is 13.2 Å². The molecule has 7 heteroatoms. The third-order valence-electron chi connectivity index (χ3n) is 5.24. The van der Waals surface area contributed by atoms with Crippen LogP contribution in [0.3, 0.4) is 0 Å². The van der Waals surface area contributed by atoms with E-state index >= 15 is 0 Å². The van der Waals surface area contributed by atoms with E-state index in [0.29, 0.717) is 18.7 Å². The maximum absolute atomic E-state index is 13.2. The van der Waals surface area contributed by atoms with Crippen LogP contribution >= 0.6 is 0 Å². The lowest BCUT2D eigenvalue weighted by Crippen LogP contribution is -2.49. The Morgan fingerprint density at radius 2 is 1.86 bits per heavy atom. The first kappa shape index (κ1) is 19.5. The topological polar surface area (TPSA) is 79.4 Å². The summed E-state index contributed by atoms with van der Waals surface area (Å²) in [5.74, 6) is -0.322. The Morgan fingerprint density at radius 1 is 1.10 bits per heavy atom. The van der Waals surface area contributed by atoms with Gasteiger partial charge in [-0.1, -0.05) is 42.3 Å². The lowest BCUT2D eigenvalue weighted by Gasteiger charge is -2.33. The highest BCUT2D eigenvalue weighted by Gasteiger charge is 2.37. The van der Waals surface area contributed by atoms with Crippen molar-refractivity contribution in [3.63, 3.8) is 0 Å². The maximum Gasteiger partial charge on any atom is 0.243 e. The molecule has 1 amide bonds. The first-order valence-corrected chi connectivity index (χ1v) is 11.1. The Kier molecular flexibility index (Phi) is 5.34. The summed E-state index contributed by atoms with van der Waals surface area (Å²) in [4.78, 5) is 17.6.